The van der Waals surface area contributed by atoms with Gasteiger partial charge in [0.25, 0.3) is 0 Å². The zero-order valence-electron chi connectivity index (χ0n) is 5.96. The maximum Gasteiger partial charge on any atom is 0.0612 e. The van der Waals surface area contributed by atoms with Crippen LogP contribution in [0.2, 0.25) is 0 Å². The lowest BCUT2D eigenvalue weighted by atomic mass is 10.2. The molecule has 1 aromatic rings. The first-order valence-electron chi connectivity index (χ1n) is 3.70. The van der Waals surface area contributed by atoms with E-state index in [1.165, 1.54) is 0 Å². The van der Waals surface area contributed by atoms with Crippen molar-refractivity contribution in [2.75, 3.05) is 7.05 Å². The summed E-state index contributed by atoms with van der Waals surface area (Å²) in [6.45, 7) is 1.16. The molecule has 1 heteroatoms. The molecule has 10 heavy (non-hydrogen) atoms. The van der Waals surface area contributed by atoms with Crippen molar-refractivity contribution in [1.29, 1.82) is 0 Å². The Morgan fingerprint density at radius 2 is 2.40 bits per heavy atom. The number of nitrogens with zero attached hydrogens (tertiary/aromatic N) is 1. The highest BCUT2D eigenvalue weighted by Crippen LogP contribution is 2.52. The molecule has 0 bridgehead atoms. The van der Waals surface area contributed by atoms with Gasteiger partial charge in [0.1, 0.15) is 0 Å². The number of fused-ring (bicyclic) bond motifs is 1. The summed E-state index contributed by atoms with van der Waals surface area (Å²) < 4.78 is 0. The average Bonchev–Trinajstić information content (AvgIpc) is 2.51. The molecule has 0 spiro atoms. The van der Waals surface area contributed by atoms with Gasteiger partial charge >= 0.3 is 0 Å². The second-order valence-corrected chi connectivity index (χ2v) is 3.24. The fourth-order valence-corrected chi connectivity index (χ4v) is 2.08. The Balaban J connectivity index is 2.28. The summed E-state index contributed by atoms with van der Waals surface area (Å²) in [4.78, 5) is 2.40. The molecule has 0 aromatic heterocycles. The van der Waals surface area contributed by atoms with Crippen LogP contribution in [0.1, 0.15) is 22.7 Å². The molecule has 0 radical (unpaired) electrons. The smallest absolute Gasteiger partial charge is 0.0612 e. The molecule has 1 aliphatic heterocycles. The second-order valence-electron chi connectivity index (χ2n) is 3.24. The first-order chi connectivity index (χ1) is 4.88. The van der Waals surface area contributed by atoms with Gasteiger partial charge in [-0.15, -0.1) is 0 Å². The fourth-order valence-electron chi connectivity index (χ4n) is 2.08. The van der Waals surface area contributed by atoms with Crippen LogP contribution >= 0.6 is 0 Å². The van der Waals surface area contributed by atoms with Crippen molar-refractivity contribution in [2.24, 2.45) is 0 Å². The molecule has 0 saturated carbocycles. The van der Waals surface area contributed by atoms with Gasteiger partial charge in [0, 0.05) is 6.54 Å². The van der Waals surface area contributed by atoms with Crippen LogP contribution in [0.25, 0.3) is 0 Å². The minimum Gasteiger partial charge on any atom is -0.291 e. The van der Waals surface area contributed by atoms with Gasteiger partial charge in [0.2, 0.25) is 0 Å². The molecule has 1 aliphatic carbocycles. The molecule has 0 amide bonds. The van der Waals surface area contributed by atoms with Crippen molar-refractivity contribution in [3.05, 3.63) is 34.9 Å². The van der Waals surface area contributed by atoms with Gasteiger partial charge in [-0.05, 0) is 23.7 Å². The number of hydrogen-bond donors (Lipinski definition) is 0. The molecule has 1 atom stereocenters. The van der Waals surface area contributed by atoms with Crippen molar-refractivity contribution in [2.45, 2.75) is 12.6 Å². The van der Waals surface area contributed by atoms with Crippen LogP contribution in [-0.2, 0) is 6.54 Å². The average molecular weight is 131 g/mol. The summed E-state index contributed by atoms with van der Waals surface area (Å²) in [6, 6.07) is 7.35. The molecule has 3 rings (SSSR count). The predicted octanol–water partition coefficient (Wildman–Crippen LogP) is 1.53. The van der Waals surface area contributed by atoms with E-state index in [-0.39, 0.29) is 0 Å². The molecule has 0 N–H and O–H groups in total. The monoisotopic (exact) mass is 131 g/mol. The molecule has 1 heterocycles. The van der Waals surface area contributed by atoms with Crippen LogP contribution in [0.5, 0.6) is 0 Å². The molecule has 50 valence electrons. The summed E-state index contributed by atoms with van der Waals surface area (Å²) >= 11 is 0. The second kappa shape index (κ2) is 1.28. The third-order valence-corrected chi connectivity index (χ3v) is 2.58. The molecule has 0 fully saturated rings. The van der Waals surface area contributed by atoms with E-state index in [1.807, 2.05) is 0 Å². The maximum atomic E-state index is 2.40. The summed E-state index contributed by atoms with van der Waals surface area (Å²) in [7, 11) is 2.19. The van der Waals surface area contributed by atoms with Gasteiger partial charge in [-0.3, -0.25) is 4.90 Å². The van der Waals surface area contributed by atoms with Crippen molar-refractivity contribution in [3.63, 3.8) is 0 Å². The van der Waals surface area contributed by atoms with Gasteiger partial charge in [0.15, 0.2) is 0 Å². The van der Waals surface area contributed by atoms with Crippen LogP contribution in [0, 0.1) is 0 Å². The van der Waals surface area contributed by atoms with E-state index in [0.717, 1.165) is 6.54 Å². The molecule has 0 saturated heterocycles. The Kier molecular flexibility index (Phi) is 0.627. The van der Waals surface area contributed by atoms with E-state index in [1.54, 1.807) is 16.7 Å². The summed E-state index contributed by atoms with van der Waals surface area (Å²) in [6.07, 6.45) is 0. The maximum absolute atomic E-state index is 2.40. The Hall–Kier alpha value is -0.820. The van der Waals surface area contributed by atoms with Gasteiger partial charge < -0.3 is 0 Å². The van der Waals surface area contributed by atoms with Gasteiger partial charge in [0.05, 0.1) is 6.04 Å². The Morgan fingerprint density at radius 3 is 3.10 bits per heavy atom. The summed E-state index contributed by atoms with van der Waals surface area (Å²) in [5, 5.41) is 0. The van der Waals surface area contributed by atoms with Crippen LogP contribution in [-0.4, -0.2) is 11.9 Å². The Labute approximate surface area is 60.3 Å². The molecule has 2 aliphatic rings. The van der Waals surface area contributed by atoms with E-state index >= 15 is 0 Å². The quantitative estimate of drug-likeness (QED) is 0.516. The zero-order chi connectivity index (χ0) is 6.72. The third-order valence-electron chi connectivity index (χ3n) is 2.58. The first kappa shape index (κ1) is 4.91. The largest absolute Gasteiger partial charge is 0.291 e. The standard InChI is InChI=1S/C9H9N/c1-10-5-6-3-2-4-7-8(6)9(7)10/h2-4,9H,5H2,1H3. The molecule has 1 aromatic carbocycles. The van der Waals surface area contributed by atoms with E-state index in [2.05, 4.69) is 30.1 Å². The highest BCUT2D eigenvalue weighted by atomic mass is 15.2. The lowest BCUT2D eigenvalue weighted by Crippen LogP contribution is -2.10. The van der Waals surface area contributed by atoms with E-state index < -0.39 is 0 Å². The van der Waals surface area contributed by atoms with Gasteiger partial charge in [-0.2, -0.15) is 0 Å². The van der Waals surface area contributed by atoms with E-state index in [4.69, 9.17) is 0 Å². The lowest BCUT2D eigenvalue weighted by Gasteiger charge is -2.10. The predicted molar refractivity (Wildman–Crippen MR) is 39.8 cm³/mol. The highest BCUT2D eigenvalue weighted by Gasteiger charge is 2.43. The van der Waals surface area contributed by atoms with Crippen LogP contribution in [0.4, 0.5) is 0 Å². The Morgan fingerprint density at radius 1 is 1.50 bits per heavy atom. The van der Waals surface area contributed by atoms with Crippen LogP contribution in [0.15, 0.2) is 18.2 Å². The fraction of sp³-hybridized carbons (Fsp3) is 0.333. The SMILES string of the molecule is CN1Cc2cccc3c2C31. The Bertz CT molecular complexity index is 304. The zero-order valence-corrected chi connectivity index (χ0v) is 5.96. The summed E-state index contributed by atoms with van der Waals surface area (Å²) in [5.74, 6) is 0. The minimum atomic E-state index is 0.713. The van der Waals surface area contributed by atoms with Crippen molar-refractivity contribution in [3.8, 4) is 0 Å². The number of benzene rings is 1. The normalized spacial score (nSPS) is 26.7. The van der Waals surface area contributed by atoms with Crippen LogP contribution < -0.4 is 0 Å². The lowest BCUT2D eigenvalue weighted by molar-refractivity contribution is 0.332. The van der Waals surface area contributed by atoms with Crippen molar-refractivity contribution >= 4 is 0 Å². The number of rotatable bonds is 0. The summed E-state index contributed by atoms with van der Waals surface area (Å²) in [5.41, 5.74) is 4.72. The molecular weight excluding hydrogens is 122 g/mol. The van der Waals surface area contributed by atoms with Gasteiger partial charge in [-0.1, -0.05) is 18.2 Å². The molecule has 1 unspecified atom stereocenters. The molecule has 1 nitrogen and oxygen atoms in total. The van der Waals surface area contributed by atoms with Crippen molar-refractivity contribution < 1.29 is 0 Å². The van der Waals surface area contributed by atoms with E-state index in [0.29, 0.717) is 6.04 Å². The van der Waals surface area contributed by atoms with Gasteiger partial charge in [-0.25, -0.2) is 0 Å². The minimum absolute atomic E-state index is 0.713. The van der Waals surface area contributed by atoms with Crippen molar-refractivity contribution in [1.82, 2.24) is 4.90 Å². The van der Waals surface area contributed by atoms with Crippen LogP contribution in [0.3, 0.4) is 0 Å². The molecular formula is C9H9N. The first-order valence-corrected chi connectivity index (χ1v) is 3.70. The van der Waals surface area contributed by atoms with E-state index in [9.17, 15) is 0 Å². The highest BCUT2D eigenvalue weighted by molar-refractivity contribution is 5.59. The topological polar surface area (TPSA) is 3.24 Å². The number of hydrogen-bond acceptors (Lipinski definition) is 1. The third kappa shape index (κ3) is 0.371.